The average Bonchev–Trinajstić information content (AvgIpc) is 1.63. The Bertz CT molecular complexity index is 93.1. The van der Waals surface area contributed by atoms with Crippen LogP contribution in [0.25, 0.3) is 0 Å². The summed E-state index contributed by atoms with van der Waals surface area (Å²) >= 11 is 3.94. The maximum absolute atomic E-state index is 10.7. The van der Waals surface area contributed by atoms with Crippen LogP contribution < -0.4 is 5.32 Å². The zero-order valence-electron chi connectivity index (χ0n) is 5.92. The van der Waals surface area contributed by atoms with E-state index in [4.69, 9.17) is 0 Å². The van der Waals surface area contributed by atoms with Crippen molar-refractivity contribution < 1.29 is 10.1 Å². The number of primary amides is 1. The molecule has 54 valence electrons. The van der Waals surface area contributed by atoms with Gasteiger partial charge in [0.1, 0.15) is 0 Å². The number of quaternary nitrogens is 1. The molecule has 3 heteroatoms. The van der Waals surface area contributed by atoms with E-state index < -0.39 is 0 Å². The molecule has 0 spiro atoms. The van der Waals surface area contributed by atoms with Gasteiger partial charge in [-0.15, -0.1) is 0 Å². The minimum absolute atomic E-state index is 0.208. The molecule has 0 bridgehead atoms. The van der Waals surface area contributed by atoms with E-state index in [1.54, 1.807) is 5.32 Å². The van der Waals surface area contributed by atoms with E-state index >= 15 is 0 Å². The van der Waals surface area contributed by atoms with Gasteiger partial charge in [-0.1, -0.05) is 0 Å². The normalized spacial score (nSPS) is 10.2. The zero-order valence-corrected chi connectivity index (χ0v) is 6.82. The molecule has 0 aromatic carbocycles. The molecule has 0 radical (unpaired) electrons. The van der Waals surface area contributed by atoms with Crippen LogP contribution in [0.1, 0.15) is 20.3 Å². The van der Waals surface area contributed by atoms with Crippen LogP contribution in [0.3, 0.4) is 0 Å². The molecule has 0 heterocycles. The van der Waals surface area contributed by atoms with Gasteiger partial charge in [-0.2, -0.15) is 12.6 Å². The van der Waals surface area contributed by atoms with Crippen LogP contribution in [0.4, 0.5) is 0 Å². The van der Waals surface area contributed by atoms with E-state index in [1.165, 1.54) is 0 Å². The lowest BCUT2D eigenvalue weighted by molar-refractivity contribution is -0.598. The molecule has 1 amide bonds. The maximum Gasteiger partial charge on any atom is 0.311 e. The van der Waals surface area contributed by atoms with Crippen LogP contribution in [0.15, 0.2) is 0 Å². The van der Waals surface area contributed by atoms with Crippen LogP contribution in [-0.4, -0.2) is 17.7 Å². The first-order valence-corrected chi connectivity index (χ1v) is 3.78. The standard InChI is InChI=1S/C6H13NOS/c1-5(2)7-6(8)3-4-9/h5,9H,3-4H2,1-2H3,(H,7,8)/p+1. The molecule has 9 heavy (non-hydrogen) atoms. The fraction of sp³-hybridized carbons (Fsp3) is 0.833. The van der Waals surface area contributed by atoms with E-state index in [0.29, 0.717) is 18.2 Å². The van der Waals surface area contributed by atoms with E-state index in [0.717, 1.165) is 0 Å². The van der Waals surface area contributed by atoms with Crippen molar-refractivity contribution in [3.8, 4) is 0 Å². The van der Waals surface area contributed by atoms with E-state index in [1.807, 2.05) is 13.8 Å². The van der Waals surface area contributed by atoms with Crippen LogP contribution in [0, 0.1) is 0 Å². The number of nitrogens with two attached hydrogens (primary N) is 1. The Kier molecular flexibility index (Phi) is 4.81. The maximum atomic E-state index is 10.7. The fourth-order valence-electron chi connectivity index (χ4n) is 0.565. The highest BCUT2D eigenvalue weighted by Gasteiger charge is 2.05. The summed E-state index contributed by atoms with van der Waals surface area (Å²) < 4.78 is 0. The molecule has 2 N–H and O–H groups in total. The number of hydrogen-bond acceptors (Lipinski definition) is 2. The Hall–Kier alpha value is -0.0200. The third-order valence-electron chi connectivity index (χ3n) is 0.877. The zero-order chi connectivity index (χ0) is 7.28. The number of hydrogen-bond donors (Lipinski definition) is 2. The predicted molar refractivity (Wildman–Crippen MR) is 40.5 cm³/mol. The number of carbonyl (C=O) groups excluding carboxylic acids is 1. The summed E-state index contributed by atoms with van der Waals surface area (Å²) in [6.07, 6.45) is 0.571. The van der Waals surface area contributed by atoms with Crippen molar-refractivity contribution in [2.75, 3.05) is 5.75 Å². The van der Waals surface area contributed by atoms with E-state index in [9.17, 15) is 4.79 Å². The molecule has 0 aliphatic carbocycles. The van der Waals surface area contributed by atoms with Crippen LogP contribution in [-0.2, 0) is 4.79 Å². The lowest BCUT2D eigenvalue weighted by Gasteiger charge is -1.99. The van der Waals surface area contributed by atoms with Crippen molar-refractivity contribution in [3.63, 3.8) is 0 Å². The van der Waals surface area contributed by atoms with Gasteiger partial charge in [0.2, 0.25) is 0 Å². The van der Waals surface area contributed by atoms with E-state index in [2.05, 4.69) is 12.6 Å². The molecule has 0 unspecified atom stereocenters. The van der Waals surface area contributed by atoms with Crippen molar-refractivity contribution in [1.29, 1.82) is 0 Å². The van der Waals surface area contributed by atoms with E-state index in [-0.39, 0.29) is 5.91 Å². The third kappa shape index (κ3) is 5.86. The first-order chi connectivity index (χ1) is 4.16. The number of rotatable bonds is 3. The second kappa shape index (κ2) is 4.82. The predicted octanol–water partition coefficient (Wildman–Crippen LogP) is -0.195. The molecule has 0 saturated carbocycles. The summed E-state index contributed by atoms with van der Waals surface area (Å²) in [5.74, 6) is 0.863. The van der Waals surface area contributed by atoms with Gasteiger partial charge in [0.05, 0.1) is 12.5 Å². The number of thiol groups is 1. The van der Waals surface area contributed by atoms with Crippen LogP contribution in [0.2, 0.25) is 0 Å². The van der Waals surface area contributed by atoms with Crippen molar-refractivity contribution in [3.05, 3.63) is 0 Å². The highest BCUT2D eigenvalue weighted by molar-refractivity contribution is 7.80. The Labute approximate surface area is 61.4 Å². The highest BCUT2D eigenvalue weighted by Crippen LogP contribution is 1.78. The SMILES string of the molecule is CC(C)[NH2+]C(=O)CCS. The highest BCUT2D eigenvalue weighted by atomic mass is 32.1. The fourth-order valence-corrected chi connectivity index (χ4v) is 0.786. The summed E-state index contributed by atoms with van der Waals surface area (Å²) in [5.41, 5.74) is 0. The Morgan fingerprint density at radius 3 is 2.56 bits per heavy atom. The number of amides is 1. The smallest absolute Gasteiger partial charge is 0.281 e. The molecule has 2 nitrogen and oxygen atoms in total. The summed E-state index contributed by atoms with van der Waals surface area (Å²) in [7, 11) is 0. The molecule has 0 atom stereocenters. The Morgan fingerprint density at radius 1 is 1.67 bits per heavy atom. The molecule has 0 fully saturated rings. The molecule has 0 aliphatic heterocycles. The quantitative estimate of drug-likeness (QED) is 0.534. The molecule has 0 aromatic rings. The minimum atomic E-state index is 0.208. The van der Waals surface area contributed by atoms with Crippen LogP contribution in [0.5, 0.6) is 0 Å². The molecule has 0 aromatic heterocycles. The molecular weight excluding hydrogens is 134 g/mol. The first-order valence-electron chi connectivity index (χ1n) is 3.15. The third-order valence-corrected chi connectivity index (χ3v) is 1.10. The van der Waals surface area contributed by atoms with Gasteiger partial charge >= 0.3 is 5.91 Å². The largest absolute Gasteiger partial charge is 0.311 e. The van der Waals surface area contributed by atoms with Crippen molar-refractivity contribution in [2.45, 2.75) is 26.3 Å². The van der Waals surface area contributed by atoms with Gasteiger partial charge in [0, 0.05) is 5.75 Å². The Morgan fingerprint density at radius 2 is 2.22 bits per heavy atom. The van der Waals surface area contributed by atoms with Crippen molar-refractivity contribution in [2.24, 2.45) is 0 Å². The van der Waals surface area contributed by atoms with Crippen molar-refractivity contribution >= 4 is 18.5 Å². The lowest BCUT2D eigenvalue weighted by atomic mass is 10.3. The summed E-state index contributed by atoms with van der Waals surface area (Å²) in [5, 5.41) is 1.73. The first kappa shape index (κ1) is 8.98. The second-order valence-corrected chi connectivity index (χ2v) is 2.80. The molecule has 0 aliphatic rings. The molecule has 0 saturated heterocycles. The summed E-state index contributed by atoms with van der Waals surface area (Å²) in [6, 6.07) is 0.373. The van der Waals surface area contributed by atoms with Gasteiger partial charge in [0.25, 0.3) is 0 Å². The number of carbonyl (C=O) groups is 1. The monoisotopic (exact) mass is 148 g/mol. The van der Waals surface area contributed by atoms with Crippen LogP contribution >= 0.6 is 12.6 Å². The molecular formula is C6H14NOS+. The topological polar surface area (TPSA) is 33.7 Å². The van der Waals surface area contributed by atoms with Gasteiger partial charge in [0.15, 0.2) is 0 Å². The molecule has 0 rings (SSSR count). The average molecular weight is 148 g/mol. The minimum Gasteiger partial charge on any atom is -0.281 e. The van der Waals surface area contributed by atoms with Gasteiger partial charge in [-0.05, 0) is 13.8 Å². The van der Waals surface area contributed by atoms with Gasteiger partial charge < -0.3 is 0 Å². The van der Waals surface area contributed by atoms with Crippen molar-refractivity contribution in [1.82, 2.24) is 0 Å². The second-order valence-electron chi connectivity index (χ2n) is 2.35. The van der Waals surface area contributed by atoms with Gasteiger partial charge in [-0.25, -0.2) is 4.79 Å². The van der Waals surface area contributed by atoms with Gasteiger partial charge in [-0.3, -0.25) is 5.32 Å². The lowest BCUT2D eigenvalue weighted by Crippen LogP contribution is -2.92. The Balaban J connectivity index is 3.27. The summed E-state index contributed by atoms with van der Waals surface area (Å²) in [4.78, 5) is 10.7. The summed E-state index contributed by atoms with van der Waals surface area (Å²) in [6.45, 7) is 3.99.